The van der Waals surface area contributed by atoms with Crippen LogP contribution in [-0.4, -0.2) is 42.6 Å². The highest BCUT2D eigenvalue weighted by molar-refractivity contribution is 6.30. The maximum atomic E-state index is 13.3. The summed E-state index contributed by atoms with van der Waals surface area (Å²) < 4.78 is 11.0. The smallest absolute Gasteiger partial charge is 0.332 e. The van der Waals surface area contributed by atoms with Gasteiger partial charge in [-0.25, -0.2) is 4.79 Å². The van der Waals surface area contributed by atoms with Gasteiger partial charge >= 0.3 is 5.69 Å². The first-order valence-corrected chi connectivity index (χ1v) is 10.2. The Bertz CT molecular complexity index is 1410. The van der Waals surface area contributed by atoms with Crippen molar-refractivity contribution in [3.05, 3.63) is 67.6 Å². The van der Waals surface area contributed by atoms with Crippen molar-refractivity contribution in [3.63, 3.8) is 0 Å². The van der Waals surface area contributed by atoms with Gasteiger partial charge in [0.1, 0.15) is 0 Å². The van der Waals surface area contributed by atoms with E-state index in [4.69, 9.17) is 16.3 Å². The summed E-state index contributed by atoms with van der Waals surface area (Å²) in [4.78, 5) is 43.4. The number of hydrogen-bond acceptors (Lipinski definition) is 5. The third kappa shape index (κ3) is 3.60. The number of rotatable bonds is 7. The second kappa shape index (κ2) is 8.16. The fraction of sp³-hybridized carbons (Fsp3) is 0.333. The van der Waals surface area contributed by atoms with Gasteiger partial charge in [-0.15, -0.1) is 0 Å². The van der Waals surface area contributed by atoms with Crippen molar-refractivity contribution in [1.29, 1.82) is 0 Å². The molecule has 0 spiro atoms. The molecule has 31 heavy (non-hydrogen) atoms. The molecule has 0 fully saturated rings. The van der Waals surface area contributed by atoms with E-state index in [1.165, 1.54) is 4.57 Å². The number of fused-ring (bicyclic) bond motifs is 3. The van der Waals surface area contributed by atoms with Crippen molar-refractivity contribution in [2.75, 3.05) is 13.7 Å². The molecule has 0 saturated heterocycles. The summed E-state index contributed by atoms with van der Waals surface area (Å²) in [5, 5.41) is 0.498. The Balaban J connectivity index is 1.84. The van der Waals surface area contributed by atoms with Gasteiger partial charge in [0.2, 0.25) is 5.78 Å². The van der Waals surface area contributed by atoms with Crippen LogP contribution in [0.3, 0.4) is 0 Å². The Kier molecular flexibility index (Phi) is 5.55. The van der Waals surface area contributed by atoms with E-state index in [0.29, 0.717) is 29.5 Å². The van der Waals surface area contributed by atoms with Crippen LogP contribution in [0.15, 0.2) is 40.1 Å². The summed E-state index contributed by atoms with van der Waals surface area (Å²) in [6.07, 6.45) is 2.60. The summed E-state index contributed by atoms with van der Waals surface area (Å²) in [7, 11) is 3.19. The van der Waals surface area contributed by atoms with Gasteiger partial charge in [-0.3, -0.25) is 23.1 Å². The van der Waals surface area contributed by atoms with Crippen LogP contribution in [0, 0.1) is 6.92 Å². The lowest BCUT2D eigenvalue weighted by Gasteiger charge is -2.08. The number of methoxy groups -OCH3 is 1. The predicted octanol–water partition coefficient (Wildman–Crippen LogP) is 2.03. The fourth-order valence-electron chi connectivity index (χ4n) is 3.71. The van der Waals surface area contributed by atoms with Crippen LogP contribution < -0.4 is 11.2 Å². The largest absolute Gasteiger partial charge is 0.385 e. The normalized spacial score (nSPS) is 11.6. The molecule has 0 atom stereocenters. The van der Waals surface area contributed by atoms with Crippen molar-refractivity contribution >= 4 is 34.3 Å². The molecule has 0 aliphatic rings. The second-order valence-electron chi connectivity index (χ2n) is 7.39. The maximum absolute atomic E-state index is 13.3. The average Bonchev–Trinajstić information content (AvgIpc) is 3.25. The first kappa shape index (κ1) is 21.1. The van der Waals surface area contributed by atoms with Gasteiger partial charge in [0.25, 0.3) is 5.56 Å². The molecule has 4 aromatic rings. The number of imidazole rings is 2. The molecule has 0 N–H and O–H groups in total. The zero-order valence-corrected chi connectivity index (χ0v) is 18.2. The highest BCUT2D eigenvalue weighted by Gasteiger charge is 2.21. The number of ether oxygens (including phenoxy) is 1. The molecule has 3 heterocycles. The van der Waals surface area contributed by atoms with Gasteiger partial charge in [-0.05, 0) is 37.6 Å². The topological polar surface area (TPSA) is 92.5 Å². The number of benzene rings is 1. The Hall–Kier alpha value is -3.17. The quantitative estimate of drug-likeness (QED) is 0.322. The van der Waals surface area contributed by atoms with Crippen molar-refractivity contribution < 1.29 is 9.53 Å². The first-order chi connectivity index (χ1) is 14.8. The fourth-order valence-corrected chi connectivity index (χ4v) is 3.83. The number of aromatic nitrogens is 5. The van der Waals surface area contributed by atoms with Gasteiger partial charge in [0, 0.05) is 49.8 Å². The molecule has 0 unspecified atom stereocenters. The average molecular weight is 444 g/mol. The number of Topliss-reactive ketones (excluding diaryl/α,β-unsaturated/α-hetero) is 1. The van der Waals surface area contributed by atoms with E-state index in [1.807, 2.05) is 17.7 Å². The molecule has 0 saturated carbocycles. The Morgan fingerprint density at radius 2 is 1.87 bits per heavy atom. The Morgan fingerprint density at radius 3 is 2.55 bits per heavy atom. The van der Waals surface area contributed by atoms with E-state index in [1.54, 1.807) is 42.8 Å². The van der Waals surface area contributed by atoms with E-state index in [-0.39, 0.29) is 23.5 Å². The van der Waals surface area contributed by atoms with Crippen molar-refractivity contribution in [3.8, 4) is 0 Å². The molecular formula is C21H22ClN5O4. The summed E-state index contributed by atoms with van der Waals surface area (Å²) in [5.41, 5.74) is 0.690. The van der Waals surface area contributed by atoms with Gasteiger partial charge in [-0.1, -0.05) is 11.6 Å². The molecule has 162 valence electrons. The number of aryl methyl sites for hydroxylation is 3. The highest BCUT2D eigenvalue weighted by Crippen LogP contribution is 2.17. The van der Waals surface area contributed by atoms with Crippen molar-refractivity contribution in [2.24, 2.45) is 7.05 Å². The van der Waals surface area contributed by atoms with Gasteiger partial charge in [0.15, 0.2) is 16.9 Å². The van der Waals surface area contributed by atoms with Crippen LogP contribution >= 0.6 is 11.6 Å². The highest BCUT2D eigenvalue weighted by atomic mass is 35.5. The number of carbonyl (C=O) groups excluding carboxylic acids is 1. The first-order valence-electron chi connectivity index (χ1n) is 9.79. The molecule has 0 bridgehead atoms. The molecule has 4 rings (SSSR count). The maximum Gasteiger partial charge on any atom is 0.332 e. The van der Waals surface area contributed by atoms with Gasteiger partial charge in [-0.2, -0.15) is 4.98 Å². The summed E-state index contributed by atoms with van der Waals surface area (Å²) in [6.45, 7) is 2.82. The van der Waals surface area contributed by atoms with Crippen molar-refractivity contribution in [1.82, 2.24) is 23.1 Å². The van der Waals surface area contributed by atoms with Crippen molar-refractivity contribution in [2.45, 2.75) is 26.4 Å². The molecular weight excluding hydrogens is 422 g/mol. The Morgan fingerprint density at radius 1 is 1.16 bits per heavy atom. The minimum Gasteiger partial charge on any atom is -0.385 e. The molecule has 10 heteroatoms. The minimum atomic E-state index is -0.594. The molecule has 9 nitrogen and oxygen atoms in total. The van der Waals surface area contributed by atoms with Crippen LogP contribution in [0.1, 0.15) is 22.5 Å². The number of halogens is 1. The van der Waals surface area contributed by atoms with Crippen LogP contribution in [0.25, 0.3) is 16.9 Å². The van der Waals surface area contributed by atoms with Gasteiger partial charge < -0.3 is 9.30 Å². The number of nitrogens with zero attached hydrogens (tertiary/aromatic N) is 5. The standard InChI is InChI=1S/C21H22ClN5O4/c1-13-11-26-17-18(23-20(26)25(13)9-4-10-31-3)24(2)21(30)27(19(17)29)12-16(28)14-5-7-15(22)8-6-14/h5-8,11H,4,9-10,12H2,1-3H3. The SMILES string of the molecule is COCCCn1c(C)cn2c3c(=O)n(CC(=O)c4ccc(Cl)cc4)c(=O)n(C)c3nc12. The molecule has 3 aromatic heterocycles. The zero-order valence-electron chi connectivity index (χ0n) is 17.5. The second-order valence-corrected chi connectivity index (χ2v) is 7.82. The summed E-state index contributed by atoms with van der Waals surface area (Å²) in [5.74, 6) is 0.210. The van der Waals surface area contributed by atoms with Gasteiger partial charge in [0.05, 0.1) is 6.54 Å². The number of hydrogen-bond donors (Lipinski definition) is 0. The lowest BCUT2D eigenvalue weighted by molar-refractivity contribution is 0.0969. The van der Waals surface area contributed by atoms with E-state index in [2.05, 4.69) is 4.98 Å². The van der Waals surface area contributed by atoms with E-state index >= 15 is 0 Å². The lowest BCUT2D eigenvalue weighted by atomic mass is 10.1. The molecule has 1 aromatic carbocycles. The lowest BCUT2D eigenvalue weighted by Crippen LogP contribution is -2.41. The Labute approximate surface area is 182 Å². The van der Waals surface area contributed by atoms with Crippen LogP contribution in [0.5, 0.6) is 0 Å². The summed E-state index contributed by atoms with van der Waals surface area (Å²) in [6, 6.07) is 6.32. The van der Waals surface area contributed by atoms with E-state index in [9.17, 15) is 14.4 Å². The molecule has 0 aliphatic carbocycles. The van der Waals surface area contributed by atoms with E-state index in [0.717, 1.165) is 16.7 Å². The number of carbonyl (C=O) groups is 1. The third-order valence-corrected chi connectivity index (χ3v) is 5.59. The van der Waals surface area contributed by atoms with Crippen LogP contribution in [-0.2, 0) is 24.9 Å². The van der Waals surface area contributed by atoms with Crippen LogP contribution in [0.2, 0.25) is 5.02 Å². The molecule has 0 aliphatic heterocycles. The molecule has 0 amide bonds. The summed E-state index contributed by atoms with van der Waals surface area (Å²) >= 11 is 5.87. The minimum absolute atomic E-state index is 0.259. The monoisotopic (exact) mass is 443 g/mol. The predicted molar refractivity (Wildman–Crippen MR) is 117 cm³/mol. The molecule has 0 radical (unpaired) electrons. The number of ketones is 1. The zero-order chi connectivity index (χ0) is 22.3. The third-order valence-electron chi connectivity index (χ3n) is 5.34. The van der Waals surface area contributed by atoms with E-state index < -0.39 is 11.2 Å². The van der Waals surface area contributed by atoms with Crippen LogP contribution in [0.4, 0.5) is 0 Å².